The molecule has 3 nitrogen and oxygen atoms in total. The van der Waals surface area contributed by atoms with Gasteiger partial charge in [-0.1, -0.05) is 18.2 Å². The van der Waals surface area contributed by atoms with E-state index in [1.165, 1.54) is 12.1 Å². The molecule has 0 aromatic heterocycles. The van der Waals surface area contributed by atoms with Gasteiger partial charge in [-0.15, -0.1) is 0 Å². The highest BCUT2D eigenvalue weighted by Gasteiger charge is 2.33. The Labute approximate surface area is 122 Å². The van der Waals surface area contributed by atoms with E-state index in [2.05, 4.69) is 5.32 Å². The summed E-state index contributed by atoms with van der Waals surface area (Å²) in [6, 6.07) is 5.67. The number of amides is 1. The third kappa shape index (κ3) is 3.97. The maximum absolute atomic E-state index is 12.9. The average Bonchev–Trinajstić information content (AvgIpc) is 2.47. The lowest BCUT2D eigenvalue weighted by Gasteiger charge is -2.31. The summed E-state index contributed by atoms with van der Waals surface area (Å²) in [5.41, 5.74) is -0.276. The second-order valence-corrected chi connectivity index (χ2v) is 5.32. The van der Waals surface area contributed by atoms with Crippen molar-refractivity contribution in [2.75, 3.05) is 20.1 Å². The van der Waals surface area contributed by atoms with Gasteiger partial charge in [0.15, 0.2) is 0 Å². The number of alkyl halides is 3. The van der Waals surface area contributed by atoms with Crippen LogP contribution in [-0.2, 0) is 17.5 Å². The molecule has 1 fully saturated rings. The number of benzene rings is 1. The zero-order valence-corrected chi connectivity index (χ0v) is 11.9. The smallest absolute Gasteiger partial charge is 0.359 e. The van der Waals surface area contributed by atoms with E-state index in [9.17, 15) is 18.0 Å². The van der Waals surface area contributed by atoms with Crippen molar-refractivity contribution in [2.45, 2.75) is 25.6 Å². The van der Waals surface area contributed by atoms with Crippen molar-refractivity contribution in [3.8, 4) is 0 Å². The molecule has 0 bridgehead atoms. The number of carbonyl (C=O) groups is 1. The summed E-state index contributed by atoms with van der Waals surface area (Å²) in [7, 11) is 1.61. The number of piperidine rings is 1. The van der Waals surface area contributed by atoms with Crippen LogP contribution in [-0.4, -0.2) is 30.9 Å². The average molecular weight is 300 g/mol. The number of rotatable bonds is 3. The molecule has 116 valence electrons. The zero-order chi connectivity index (χ0) is 15.5. The highest BCUT2D eigenvalue weighted by atomic mass is 19.4. The molecule has 1 N–H and O–H groups in total. The zero-order valence-electron chi connectivity index (χ0n) is 11.9. The van der Waals surface area contributed by atoms with Gasteiger partial charge in [-0.05, 0) is 37.6 Å². The van der Waals surface area contributed by atoms with Gasteiger partial charge in [0.05, 0.1) is 5.56 Å². The first kappa shape index (κ1) is 15.8. The van der Waals surface area contributed by atoms with Crippen LogP contribution in [0.1, 0.15) is 24.0 Å². The first-order chi connectivity index (χ1) is 9.91. The van der Waals surface area contributed by atoms with Gasteiger partial charge in [0, 0.05) is 19.5 Å². The van der Waals surface area contributed by atoms with Gasteiger partial charge < -0.3 is 5.32 Å². The monoisotopic (exact) mass is 300 g/mol. The van der Waals surface area contributed by atoms with Crippen molar-refractivity contribution in [3.63, 3.8) is 0 Å². The molecule has 0 spiro atoms. The summed E-state index contributed by atoms with van der Waals surface area (Å²) in [5.74, 6) is -0.00514. The van der Waals surface area contributed by atoms with Gasteiger partial charge in [-0.3, -0.25) is 9.69 Å². The minimum absolute atomic E-state index is 0.0188. The molecule has 1 amide bonds. The Morgan fingerprint density at radius 2 is 1.90 bits per heavy atom. The summed E-state index contributed by atoms with van der Waals surface area (Å²) in [4.78, 5) is 13.5. The van der Waals surface area contributed by atoms with Crippen molar-refractivity contribution in [3.05, 3.63) is 35.4 Å². The van der Waals surface area contributed by atoms with Crippen LogP contribution >= 0.6 is 0 Å². The number of nitrogens with zero attached hydrogens (tertiary/aromatic N) is 1. The van der Waals surface area contributed by atoms with Crippen molar-refractivity contribution in [1.29, 1.82) is 0 Å². The third-order valence-corrected chi connectivity index (χ3v) is 3.92. The SMILES string of the molecule is CNC(=O)C1CCN(Cc2ccccc2C(F)(F)F)CC1. The minimum atomic E-state index is -4.32. The van der Waals surface area contributed by atoms with E-state index in [0.29, 0.717) is 31.5 Å². The van der Waals surface area contributed by atoms with Crippen LogP contribution in [0.25, 0.3) is 0 Å². The highest BCUT2D eigenvalue weighted by Crippen LogP contribution is 2.32. The Bertz CT molecular complexity index is 494. The first-order valence-electron chi connectivity index (χ1n) is 7.01. The van der Waals surface area contributed by atoms with E-state index >= 15 is 0 Å². The predicted molar refractivity (Wildman–Crippen MR) is 73.5 cm³/mol. The van der Waals surface area contributed by atoms with Gasteiger partial charge >= 0.3 is 6.18 Å². The van der Waals surface area contributed by atoms with Crippen molar-refractivity contribution >= 4 is 5.91 Å². The van der Waals surface area contributed by atoms with E-state index in [1.807, 2.05) is 4.90 Å². The fourth-order valence-electron chi connectivity index (χ4n) is 2.73. The topological polar surface area (TPSA) is 32.3 Å². The number of likely N-dealkylation sites (tertiary alicyclic amines) is 1. The summed E-state index contributed by atoms with van der Waals surface area (Å²) in [5, 5.41) is 2.62. The molecule has 1 aliphatic rings. The van der Waals surface area contributed by atoms with Gasteiger partial charge in [0.1, 0.15) is 0 Å². The second kappa shape index (κ2) is 6.47. The Hall–Kier alpha value is -1.56. The summed E-state index contributed by atoms with van der Waals surface area (Å²) >= 11 is 0. The van der Waals surface area contributed by atoms with Crippen LogP contribution < -0.4 is 5.32 Å². The van der Waals surface area contributed by atoms with Gasteiger partial charge in [0.2, 0.25) is 5.91 Å². The molecule has 1 aromatic carbocycles. The number of hydrogen-bond donors (Lipinski definition) is 1. The number of halogens is 3. The van der Waals surface area contributed by atoms with E-state index in [4.69, 9.17) is 0 Å². The molecule has 1 aromatic rings. The van der Waals surface area contributed by atoms with Crippen LogP contribution in [0.15, 0.2) is 24.3 Å². The van der Waals surface area contributed by atoms with Crippen LogP contribution in [0.2, 0.25) is 0 Å². The molecule has 1 aliphatic heterocycles. The Morgan fingerprint density at radius 3 is 2.48 bits per heavy atom. The minimum Gasteiger partial charge on any atom is -0.359 e. The lowest BCUT2D eigenvalue weighted by molar-refractivity contribution is -0.138. The van der Waals surface area contributed by atoms with Crippen molar-refractivity contribution in [2.24, 2.45) is 5.92 Å². The fourth-order valence-corrected chi connectivity index (χ4v) is 2.73. The van der Waals surface area contributed by atoms with E-state index < -0.39 is 11.7 Å². The largest absolute Gasteiger partial charge is 0.416 e. The molecule has 0 saturated carbocycles. The normalized spacial score (nSPS) is 17.7. The Balaban J connectivity index is 2.00. The third-order valence-electron chi connectivity index (χ3n) is 3.92. The number of hydrogen-bond acceptors (Lipinski definition) is 2. The summed E-state index contributed by atoms with van der Waals surface area (Å²) < 4.78 is 38.8. The van der Waals surface area contributed by atoms with Crippen LogP contribution in [0.5, 0.6) is 0 Å². The van der Waals surface area contributed by atoms with Gasteiger partial charge in [0.25, 0.3) is 0 Å². The van der Waals surface area contributed by atoms with Crippen LogP contribution in [0.4, 0.5) is 13.2 Å². The molecule has 21 heavy (non-hydrogen) atoms. The van der Waals surface area contributed by atoms with Crippen molar-refractivity contribution in [1.82, 2.24) is 10.2 Å². The Morgan fingerprint density at radius 1 is 1.29 bits per heavy atom. The lowest BCUT2D eigenvalue weighted by Crippen LogP contribution is -2.39. The molecular weight excluding hydrogens is 281 g/mol. The van der Waals surface area contributed by atoms with Crippen LogP contribution in [0.3, 0.4) is 0 Å². The van der Waals surface area contributed by atoms with E-state index in [-0.39, 0.29) is 18.4 Å². The molecule has 1 heterocycles. The molecule has 6 heteroatoms. The molecule has 0 aliphatic carbocycles. The summed E-state index contributed by atoms with van der Waals surface area (Å²) in [6.07, 6.45) is -2.95. The number of nitrogens with one attached hydrogen (secondary N) is 1. The highest BCUT2D eigenvalue weighted by molar-refractivity contribution is 5.78. The molecule has 0 unspecified atom stereocenters. The quantitative estimate of drug-likeness (QED) is 0.931. The van der Waals surface area contributed by atoms with E-state index in [0.717, 1.165) is 6.07 Å². The first-order valence-corrected chi connectivity index (χ1v) is 7.01. The lowest BCUT2D eigenvalue weighted by atomic mass is 9.95. The Kier molecular flexibility index (Phi) is 4.88. The maximum Gasteiger partial charge on any atom is 0.416 e. The maximum atomic E-state index is 12.9. The molecule has 2 rings (SSSR count). The van der Waals surface area contributed by atoms with Crippen molar-refractivity contribution < 1.29 is 18.0 Å². The standard InChI is InChI=1S/C15H19F3N2O/c1-19-14(21)11-6-8-20(9-7-11)10-12-4-2-3-5-13(12)15(16,17)18/h2-5,11H,6-10H2,1H3,(H,19,21). The van der Waals surface area contributed by atoms with Gasteiger partial charge in [-0.25, -0.2) is 0 Å². The second-order valence-electron chi connectivity index (χ2n) is 5.32. The van der Waals surface area contributed by atoms with E-state index in [1.54, 1.807) is 13.1 Å². The number of carbonyl (C=O) groups excluding carboxylic acids is 1. The molecular formula is C15H19F3N2O. The molecule has 0 radical (unpaired) electrons. The molecule has 1 saturated heterocycles. The fraction of sp³-hybridized carbons (Fsp3) is 0.533. The molecule has 0 atom stereocenters. The summed E-state index contributed by atoms with van der Waals surface area (Å²) in [6.45, 7) is 1.56. The van der Waals surface area contributed by atoms with Crippen LogP contribution in [0, 0.1) is 5.92 Å². The van der Waals surface area contributed by atoms with Gasteiger partial charge in [-0.2, -0.15) is 13.2 Å². The predicted octanol–water partition coefficient (Wildman–Crippen LogP) is 2.66.